The fourth-order valence-electron chi connectivity index (χ4n) is 2.91. The van der Waals surface area contributed by atoms with E-state index in [4.69, 9.17) is 14.9 Å². The number of fused-ring (bicyclic) bond motifs is 3. The number of para-hydroxylation sites is 1. The van der Waals surface area contributed by atoms with Crippen molar-refractivity contribution in [2.24, 2.45) is 11.7 Å². The molecule has 5 nitrogen and oxygen atoms in total. The summed E-state index contributed by atoms with van der Waals surface area (Å²) < 4.78 is 11.0. The summed E-state index contributed by atoms with van der Waals surface area (Å²) in [5.74, 6) is 0.143. The van der Waals surface area contributed by atoms with Crippen LogP contribution in [0.4, 0.5) is 0 Å². The lowest BCUT2D eigenvalue weighted by molar-refractivity contribution is 0.355. The Morgan fingerprint density at radius 1 is 1.41 bits per heavy atom. The van der Waals surface area contributed by atoms with Gasteiger partial charge < -0.3 is 14.9 Å². The van der Waals surface area contributed by atoms with Gasteiger partial charge in [-0.15, -0.1) is 0 Å². The maximum Gasteiger partial charge on any atom is 0.343 e. The van der Waals surface area contributed by atoms with Crippen molar-refractivity contribution in [3.05, 3.63) is 51.7 Å². The number of rotatable bonds is 2. The second-order valence-corrected chi connectivity index (χ2v) is 5.48. The zero-order valence-corrected chi connectivity index (χ0v) is 12.4. The normalized spacial score (nSPS) is 18.5. The standard InChI is InChI=1S/C17H16N2O3/c1-3-9(2)13-11(8-18)16(19)22-15-10-6-4-5-7-12(10)21-17(20)14(13)15/h4-7,9,13H,3,19H2,1-2H3/t9-,13-/m0/s1. The molecule has 1 aromatic carbocycles. The second-order valence-electron chi connectivity index (χ2n) is 5.48. The van der Waals surface area contributed by atoms with Gasteiger partial charge in [-0.3, -0.25) is 0 Å². The highest BCUT2D eigenvalue weighted by atomic mass is 16.5. The van der Waals surface area contributed by atoms with Crippen LogP contribution in [0.15, 0.2) is 44.9 Å². The fourth-order valence-corrected chi connectivity index (χ4v) is 2.91. The molecular weight excluding hydrogens is 280 g/mol. The van der Waals surface area contributed by atoms with E-state index < -0.39 is 11.5 Å². The molecule has 0 saturated heterocycles. The smallest absolute Gasteiger partial charge is 0.343 e. The van der Waals surface area contributed by atoms with E-state index in [0.29, 0.717) is 27.9 Å². The lowest BCUT2D eigenvalue weighted by atomic mass is 9.79. The van der Waals surface area contributed by atoms with Crippen molar-refractivity contribution in [3.8, 4) is 11.8 Å². The molecule has 0 spiro atoms. The van der Waals surface area contributed by atoms with Crippen LogP contribution >= 0.6 is 0 Å². The molecule has 0 radical (unpaired) electrons. The predicted molar refractivity (Wildman–Crippen MR) is 82.1 cm³/mol. The van der Waals surface area contributed by atoms with Crippen LogP contribution in [-0.4, -0.2) is 0 Å². The Morgan fingerprint density at radius 2 is 2.14 bits per heavy atom. The molecule has 0 bridgehead atoms. The van der Waals surface area contributed by atoms with E-state index in [-0.39, 0.29) is 11.8 Å². The highest BCUT2D eigenvalue weighted by Crippen LogP contribution is 2.44. The Balaban J connectivity index is 2.38. The van der Waals surface area contributed by atoms with Crippen LogP contribution in [-0.2, 0) is 0 Å². The van der Waals surface area contributed by atoms with Crippen molar-refractivity contribution in [1.82, 2.24) is 0 Å². The number of nitrogens with zero attached hydrogens (tertiary/aromatic N) is 1. The largest absolute Gasteiger partial charge is 0.439 e. The van der Waals surface area contributed by atoms with E-state index in [1.807, 2.05) is 26.0 Å². The monoisotopic (exact) mass is 296 g/mol. The van der Waals surface area contributed by atoms with Gasteiger partial charge in [-0.2, -0.15) is 5.26 Å². The van der Waals surface area contributed by atoms with E-state index in [1.54, 1.807) is 12.1 Å². The van der Waals surface area contributed by atoms with Gasteiger partial charge in [-0.1, -0.05) is 32.4 Å². The van der Waals surface area contributed by atoms with Gasteiger partial charge in [0.05, 0.1) is 16.5 Å². The molecule has 2 aromatic rings. The van der Waals surface area contributed by atoms with Crippen LogP contribution in [0.1, 0.15) is 31.7 Å². The fraction of sp³-hybridized carbons (Fsp3) is 0.294. The molecule has 0 amide bonds. The molecular formula is C17H16N2O3. The molecule has 112 valence electrons. The number of ether oxygens (including phenoxy) is 1. The van der Waals surface area contributed by atoms with Crippen LogP contribution < -0.4 is 16.1 Å². The third-order valence-corrected chi connectivity index (χ3v) is 4.23. The Bertz CT molecular complexity index is 874. The lowest BCUT2D eigenvalue weighted by Crippen LogP contribution is -2.28. The quantitative estimate of drug-likeness (QED) is 0.860. The summed E-state index contributed by atoms with van der Waals surface area (Å²) in [6, 6.07) is 9.23. The van der Waals surface area contributed by atoms with Gasteiger partial charge in [0, 0.05) is 5.92 Å². The Labute approximate surface area is 127 Å². The highest BCUT2D eigenvalue weighted by molar-refractivity contribution is 5.85. The van der Waals surface area contributed by atoms with Crippen molar-refractivity contribution in [1.29, 1.82) is 5.26 Å². The van der Waals surface area contributed by atoms with Crippen molar-refractivity contribution >= 4 is 11.0 Å². The zero-order valence-electron chi connectivity index (χ0n) is 12.4. The molecule has 5 heteroatoms. The van der Waals surface area contributed by atoms with E-state index in [1.165, 1.54) is 0 Å². The van der Waals surface area contributed by atoms with Crippen LogP contribution in [0.2, 0.25) is 0 Å². The first-order valence-electron chi connectivity index (χ1n) is 7.21. The van der Waals surface area contributed by atoms with Gasteiger partial charge in [0.15, 0.2) is 5.75 Å². The van der Waals surface area contributed by atoms with E-state index in [9.17, 15) is 10.1 Å². The minimum atomic E-state index is -0.473. The highest BCUT2D eigenvalue weighted by Gasteiger charge is 2.36. The molecule has 0 fully saturated rings. The van der Waals surface area contributed by atoms with Crippen LogP contribution in [0, 0.1) is 17.2 Å². The summed E-state index contributed by atoms with van der Waals surface area (Å²) in [5, 5.41) is 10.1. The first-order chi connectivity index (χ1) is 10.6. The summed E-state index contributed by atoms with van der Waals surface area (Å²) in [7, 11) is 0. The molecule has 3 rings (SSSR count). The molecule has 0 saturated carbocycles. The van der Waals surface area contributed by atoms with E-state index in [0.717, 1.165) is 6.42 Å². The third kappa shape index (κ3) is 1.96. The molecule has 1 aliphatic rings. The predicted octanol–water partition coefficient (Wildman–Crippen LogP) is 3.01. The topological polar surface area (TPSA) is 89.3 Å². The number of nitriles is 1. The van der Waals surface area contributed by atoms with Crippen molar-refractivity contribution in [2.45, 2.75) is 26.2 Å². The summed E-state index contributed by atoms with van der Waals surface area (Å²) >= 11 is 0. The van der Waals surface area contributed by atoms with Gasteiger partial charge >= 0.3 is 5.63 Å². The van der Waals surface area contributed by atoms with Crippen LogP contribution in [0.5, 0.6) is 5.75 Å². The van der Waals surface area contributed by atoms with E-state index >= 15 is 0 Å². The van der Waals surface area contributed by atoms with Gasteiger partial charge in [0.25, 0.3) is 0 Å². The molecule has 0 aliphatic carbocycles. The zero-order chi connectivity index (χ0) is 15.9. The number of nitrogens with two attached hydrogens (primary N) is 1. The Kier molecular flexibility index (Phi) is 3.38. The average molecular weight is 296 g/mol. The van der Waals surface area contributed by atoms with Crippen molar-refractivity contribution < 1.29 is 9.15 Å². The minimum absolute atomic E-state index is 0.0658. The number of benzene rings is 1. The molecule has 22 heavy (non-hydrogen) atoms. The number of hydrogen-bond donors (Lipinski definition) is 1. The van der Waals surface area contributed by atoms with Crippen LogP contribution in [0.25, 0.3) is 11.0 Å². The maximum atomic E-state index is 12.5. The Hall–Kier alpha value is -2.74. The number of allylic oxidation sites excluding steroid dienone is 1. The molecule has 2 N–H and O–H groups in total. The molecule has 1 aliphatic heterocycles. The van der Waals surface area contributed by atoms with Gasteiger partial charge in [-0.25, -0.2) is 4.79 Å². The second kappa shape index (κ2) is 5.23. The third-order valence-electron chi connectivity index (χ3n) is 4.23. The first-order valence-corrected chi connectivity index (χ1v) is 7.21. The lowest BCUT2D eigenvalue weighted by Gasteiger charge is -2.29. The minimum Gasteiger partial charge on any atom is -0.439 e. The van der Waals surface area contributed by atoms with Gasteiger partial charge in [-0.05, 0) is 18.1 Å². The van der Waals surface area contributed by atoms with Crippen LogP contribution in [0.3, 0.4) is 0 Å². The summed E-state index contributed by atoms with van der Waals surface area (Å²) in [4.78, 5) is 12.5. The first kappa shape index (κ1) is 14.2. The number of hydrogen-bond acceptors (Lipinski definition) is 5. The summed E-state index contributed by atoms with van der Waals surface area (Å²) in [6.07, 6.45) is 0.800. The Morgan fingerprint density at radius 3 is 2.82 bits per heavy atom. The van der Waals surface area contributed by atoms with Gasteiger partial charge in [0.1, 0.15) is 11.7 Å². The van der Waals surface area contributed by atoms with Crippen molar-refractivity contribution in [2.75, 3.05) is 0 Å². The maximum absolute atomic E-state index is 12.5. The van der Waals surface area contributed by atoms with Gasteiger partial charge in [0.2, 0.25) is 5.88 Å². The van der Waals surface area contributed by atoms with E-state index in [2.05, 4.69) is 6.07 Å². The molecule has 0 unspecified atom stereocenters. The summed E-state index contributed by atoms with van der Waals surface area (Å²) in [5.41, 5.74) is 6.59. The van der Waals surface area contributed by atoms with Crippen molar-refractivity contribution in [3.63, 3.8) is 0 Å². The summed E-state index contributed by atoms with van der Waals surface area (Å²) in [6.45, 7) is 3.99. The molecule has 2 heterocycles. The molecule has 1 aromatic heterocycles. The molecule has 2 atom stereocenters. The average Bonchev–Trinajstić information content (AvgIpc) is 2.53. The SMILES string of the molecule is CC[C@H](C)[C@H]1C(C#N)=C(N)Oc2c1c(=O)oc1ccccc21.